The number of carbonyl (C=O) groups is 1. The highest BCUT2D eigenvalue weighted by Gasteiger charge is 2.46. The molecule has 0 radical (unpaired) electrons. The van der Waals surface area contributed by atoms with Crippen LogP contribution in [0.1, 0.15) is 34.1 Å². The molecule has 1 rings (SSSR count). The maximum Gasteiger partial charge on any atom is 0.156 e. The van der Waals surface area contributed by atoms with Crippen LogP contribution in [0, 0.1) is 5.41 Å². The fourth-order valence-electron chi connectivity index (χ4n) is 2.22. The Morgan fingerprint density at radius 1 is 1.53 bits per heavy atom. The molecular weight excluding hydrogens is 216 g/mol. The van der Waals surface area contributed by atoms with Gasteiger partial charge in [0.05, 0.1) is 6.10 Å². The van der Waals surface area contributed by atoms with E-state index in [2.05, 4.69) is 0 Å². The number of ketones is 1. The smallest absolute Gasteiger partial charge is 0.156 e. The van der Waals surface area contributed by atoms with E-state index in [9.17, 15) is 9.90 Å². The third-order valence-electron chi connectivity index (χ3n) is 3.61. The van der Waals surface area contributed by atoms with Crippen LogP contribution >= 0.6 is 0 Å². The van der Waals surface area contributed by atoms with Gasteiger partial charge in [-0.05, 0) is 31.6 Å². The molecule has 0 aromatic carbocycles. The minimum absolute atomic E-state index is 0.0553. The molecule has 0 fully saturated rings. The van der Waals surface area contributed by atoms with Crippen LogP contribution in [0.2, 0.25) is 0 Å². The Labute approximate surface area is 103 Å². The van der Waals surface area contributed by atoms with E-state index < -0.39 is 11.0 Å². The molecule has 1 N–H and O–H groups in total. The second-order valence-electron chi connectivity index (χ2n) is 5.42. The fraction of sp³-hybridized carbons (Fsp3) is 0.643. The van der Waals surface area contributed by atoms with E-state index in [0.717, 1.165) is 0 Å². The Hall–Kier alpha value is -0.930. The summed E-state index contributed by atoms with van der Waals surface area (Å²) in [5, 5.41) is 10.8. The number of methoxy groups -OCH3 is 1. The van der Waals surface area contributed by atoms with Crippen LogP contribution in [-0.4, -0.2) is 29.7 Å². The Morgan fingerprint density at radius 3 is 2.59 bits per heavy atom. The lowest BCUT2D eigenvalue weighted by Gasteiger charge is -2.44. The summed E-state index contributed by atoms with van der Waals surface area (Å²) in [7, 11) is 1.62. The van der Waals surface area contributed by atoms with Crippen molar-refractivity contribution in [1.29, 1.82) is 0 Å². The number of allylic oxidation sites excluding steroid dienone is 1. The maximum atomic E-state index is 11.5. The van der Waals surface area contributed by atoms with E-state index in [4.69, 9.17) is 4.74 Å². The van der Waals surface area contributed by atoms with Crippen LogP contribution in [0.5, 0.6) is 0 Å². The molecule has 3 nitrogen and oxygen atoms in total. The minimum Gasteiger partial charge on any atom is -0.381 e. The van der Waals surface area contributed by atoms with Gasteiger partial charge in [0.25, 0.3) is 0 Å². The average molecular weight is 238 g/mol. The average Bonchev–Trinajstić information content (AvgIpc) is 2.22. The highest BCUT2D eigenvalue weighted by Crippen LogP contribution is 2.44. The molecule has 0 heterocycles. The van der Waals surface area contributed by atoms with Crippen molar-refractivity contribution in [3.05, 3.63) is 23.8 Å². The van der Waals surface area contributed by atoms with Gasteiger partial charge in [-0.1, -0.05) is 19.9 Å². The van der Waals surface area contributed by atoms with E-state index in [0.29, 0.717) is 12.0 Å². The number of hydrogen-bond donors (Lipinski definition) is 1. The number of carbonyl (C=O) groups excluding carboxylic acids is 1. The molecule has 1 aliphatic rings. The molecular formula is C14H22O3. The van der Waals surface area contributed by atoms with Gasteiger partial charge < -0.3 is 9.84 Å². The summed E-state index contributed by atoms with van der Waals surface area (Å²) in [5.41, 5.74) is -0.876. The summed E-state index contributed by atoms with van der Waals surface area (Å²) >= 11 is 0. The van der Waals surface area contributed by atoms with Crippen molar-refractivity contribution in [3.63, 3.8) is 0 Å². The van der Waals surface area contributed by atoms with Crippen LogP contribution in [0.15, 0.2) is 23.8 Å². The monoisotopic (exact) mass is 238 g/mol. The molecule has 0 bridgehead atoms. The lowest BCUT2D eigenvalue weighted by molar-refractivity contribution is -0.121. The van der Waals surface area contributed by atoms with E-state index >= 15 is 0 Å². The first-order valence-corrected chi connectivity index (χ1v) is 5.89. The predicted octanol–water partition coefficient (Wildman–Crippen LogP) is 2.25. The first-order valence-electron chi connectivity index (χ1n) is 5.89. The van der Waals surface area contributed by atoms with E-state index in [1.165, 1.54) is 6.08 Å². The van der Waals surface area contributed by atoms with Gasteiger partial charge in [0.2, 0.25) is 0 Å². The van der Waals surface area contributed by atoms with E-state index in [1.54, 1.807) is 20.1 Å². The second kappa shape index (κ2) is 4.75. The van der Waals surface area contributed by atoms with Gasteiger partial charge in [-0.3, -0.25) is 4.79 Å². The Bertz CT molecular complexity index is 366. The third kappa shape index (κ3) is 2.67. The zero-order valence-electron chi connectivity index (χ0n) is 11.3. The molecule has 0 aliphatic heterocycles. The van der Waals surface area contributed by atoms with Crippen LogP contribution in [0.3, 0.4) is 0 Å². The van der Waals surface area contributed by atoms with Crippen molar-refractivity contribution in [3.8, 4) is 0 Å². The van der Waals surface area contributed by atoms with Crippen LogP contribution in [0.4, 0.5) is 0 Å². The quantitative estimate of drug-likeness (QED) is 0.767. The lowest BCUT2D eigenvalue weighted by atomic mass is 9.64. The maximum absolute atomic E-state index is 11.5. The van der Waals surface area contributed by atoms with Crippen molar-refractivity contribution < 1.29 is 14.6 Å². The van der Waals surface area contributed by atoms with Gasteiger partial charge in [0, 0.05) is 18.9 Å². The molecule has 0 amide bonds. The zero-order valence-corrected chi connectivity index (χ0v) is 11.3. The number of aliphatic hydroxyl groups is 1. The van der Waals surface area contributed by atoms with E-state index in [-0.39, 0.29) is 11.9 Å². The van der Waals surface area contributed by atoms with Gasteiger partial charge in [0.1, 0.15) is 5.60 Å². The molecule has 1 aliphatic carbocycles. The van der Waals surface area contributed by atoms with Gasteiger partial charge in [0.15, 0.2) is 5.78 Å². The van der Waals surface area contributed by atoms with E-state index in [1.807, 2.05) is 26.8 Å². The van der Waals surface area contributed by atoms with Gasteiger partial charge in [-0.15, -0.1) is 0 Å². The molecule has 0 saturated carbocycles. The topological polar surface area (TPSA) is 46.5 Å². The molecule has 0 unspecified atom stereocenters. The zero-order chi connectivity index (χ0) is 13.3. The highest BCUT2D eigenvalue weighted by atomic mass is 16.5. The Kier molecular flexibility index (Phi) is 3.95. The normalized spacial score (nSPS) is 30.5. The molecule has 0 saturated heterocycles. The van der Waals surface area contributed by atoms with Gasteiger partial charge in [-0.2, -0.15) is 0 Å². The van der Waals surface area contributed by atoms with Crippen molar-refractivity contribution >= 4 is 5.78 Å². The number of rotatable bonds is 3. The number of hydrogen-bond acceptors (Lipinski definition) is 3. The summed E-state index contributed by atoms with van der Waals surface area (Å²) in [6.45, 7) is 7.51. The largest absolute Gasteiger partial charge is 0.381 e. The number of ether oxygens (including phenoxy) is 1. The molecule has 0 spiro atoms. The minimum atomic E-state index is -1.08. The summed E-state index contributed by atoms with van der Waals surface area (Å²) in [6, 6.07) is 0. The van der Waals surface area contributed by atoms with Gasteiger partial charge >= 0.3 is 0 Å². The molecule has 0 aromatic heterocycles. The van der Waals surface area contributed by atoms with Crippen molar-refractivity contribution in [1.82, 2.24) is 0 Å². The third-order valence-corrected chi connectivity index (χ3v) is 3.61. The molecule has 3 heteroatoms. The molecule has 17 heavy (non-hydrogen) atoms. The SMILES string of the molecule is CO[C@H](C)/C=C/[C@@]1(O)C(C)=CC(=O)CC1(C)C. The highest BCUT2D eigenvalue weighted by molar-refractivity contribution is 5.92. The van der Waals surface area contributed by atoms with Crippen LogP contribution in [-0.2, 0) is 9.53 Å². The summed E-state index contributed by atoms with van der Waals surface area (Å²) in [6.07, 6.45) is 5.41. The predicted molar refractivity (Wildman–Crippen MR) is 67.7 cm³/mol. The lowest BCUT2D eigenvalue weighted by Crippen LogP contribution is -2.48. The summed E-state index contributed by atoms with van der Waals surface area (Å²) < 4.78 is 5.13. The van der Waals surface area contributed by atoms with Crippen LogP contribution in [0.25, 0.3) is 0 Å². The molecule has 0 aromatic rings. The summed E-state index contributed by atoms with van der Waals surface area (Å²) in [4.78, 5) is 11.5. The Balaban J connectivity index is 3.10. The fourth-order valence-corrected chi connectivity index (χ4v) is 2.22. The molecule has 2 atom stereocenters. The first kappa shape index (κ1) is 14.1. The summed E-state index contributed by atoms with van der Waals surface area (Å²) in [5.74, 6) is 0.0744. The Morgan fingerprint density at radius 2 is 2.12 bits per heavy atom. The first-order chi connectivity index (χ1) is 7.73. The van der Waals surface area contributed by atoms with Crippen molar-refractivity contribution in [2.75, 3.05) is 7.11 Å². The van der Waals surface area contributed by atoms with Crippen LogP contribution < -0.4 is 0 Å². The van der Waals surface area contributed by atoms with Gasteiger partial charge in [-0.25, -0.2) is 0 Å². The van der Waals surface area contributed by atoms with Crippen molar-refractivity contribution in [2.24, 2.45) is 5.41 Å². The second-order valence-corrected chi connectivity index (χ2v) is 5.42. The van der Waals surface area contributed by atoms with Crippen molar-refractivity contribution in [2.45, 2.75) is 45.8 Å². The molecule has 96 valence electrons. The standard InChI is InChI=1S/C14H22O3/c1-10-8-12(15)9-13(3,4)14(10,16)7-6-11(2)17-5/h6-8,11,16H,9H2,1-5H3/b7-6+/t11-,14-/m1/s1.